The van der Waals surface area contributed by atoms with Gasteiger partial charge in [-0.05, 0) is 42.2 Å². The molecule has 0 spiro atoms. The summed E-state index contributed by atoms with van der Waals surface area (Å²) in [6.45, 7) is 8.35. The second-order valence-electron chi connectivity index (χ2n) is 5.75. The van der Waals surface area contributed by atoms with Crippen molar-refractivity contribution in [1.82, 2.24) is 0 Å². The van der Waals surface area contributed by atoms with Gasteiger partial charge in [0.2, 0.25) is 0 Å². The third-order valence-corrected chi connectivity index (χ3v) is 3.66. The van der Waals surface area contributed by atoms with E-state index in [2.05, 4.69) is 74.7 Å². The quantitative estimate of drug-likeness (QED) is 0.352. The third-order valence-electron chi connectivity index (χ3n) is 3.66. The van der Waals surface area contributed by atoms with Gasteiger partial charge in [0, 0.05) is 12.3 Å². The van der Waals surface area contributed by atoms with Crippen molar-refractivity contribution in [2.45, 2.75) is 45.4 Å². The molecule has 0 heteroatoms. The molecule has 2 rings (SSSR count). The highest BCUT2D eigenvalue weighted by Gasteiger charge is 2.09. The largest absolute Gasteiger partial charge is 0.103 e. The van der Waals surface area contributed by atoms with Crippen molar-refractivity contribution in [2.24, 2.45) is 0 Å². The van der Waals surface area contributed by atoms with Gasteiger partial charge >= 0.3 is 0 Å². The fourth-order valence-electron chi connectivity index (χ4n) is 2.49. The molecule has 2 aromatic rings. The highest BCUT2D eigenvalue weighted by molar-refractivity contribution is 5.83. The predicted octanol–water partition coefficient (Wildman–Crippen LogP) is 6.08. The van der Waals surface area contributed by atoms with Gasteiger partial charge in [-0.1, -0.05) is 61.2 Å². The van der Waals surface area contributed by atoms with Crippen LogP contribution in [0.4, 0.5) is 0 Å². The smallest absolute Gasteiger partial charge is 0.0489 e. The van der Waals surface area contributed by atoms with Crippen LogP contribution in [-0.2, 0) is 0 Å². The van der Waals surface area contributed by atoms with E-state index in [0.29, 0.717) is 0 Å². The van der Waals surface area contributed by atoms with Gasteiger partial charge in [-0.25, -0.2) is 0 Å². The molecular formula is C21H24. The van der Waals surface area contributed by atoms with Crippen molar-refractivity contribution in [1.29, 1.82) is 0 Å². The van der Waals surface area contributed by atoms with Crippen molar-refractivity contribution in [3.8, 4) is 11.8 Å². The summed E-state index contributed by atoms with van der Waals surface area (Å²) in [5.74, 6) is 7.07. The van der Waals surface area contributed by atoms with Crippen LogP contribution in [0.2, 0.25) is 0 Å². The summed E-state index contributed by atoms with van der Waals surface area (Å²) in [5, 5.41) is 2.58. The third kappa shape index (κ3) is 4.50. The summed E-state index contributed by atoms with van der Waals surface area (Å²) in [6.07, 6.45) is 4.33. The Hall–Kier alpha value is -2.00. The predicted molar refractivity (Wildman–Crippen MR) is 93.4 cm³/mol. The Morgan fingerprint density at radius 2 is 1.90 bits per heavy atom. The Morgan fingerprint density at radius 1 is 1.14 bits per heavy atom. The van der Waals surface area contributed by atoms with Crippen LogP contribution < -0.4 is 0 Å². The Bertz CT molecular complexity index is 667. The van der Waals surface area contributed by atoms with Gasteiger partial charge in [-0.3, -0.25) is 0 Å². The van der Waals surface area contributed by atoms with Gasteiger partial charge in [0.15, 0.2) is 0 Å². The van der Waals surface area contributed by atoms with E-state index in [1.165, 1.54) is 34.8 Å². The number of allylic oxidation sites excluding steroid dienone is 1. The van der Waals surface area contributed by atoms with Crippen molar-refractivity contribution in [3.05, 3.63) is 60.2 Å². The first-order valence-electron chi connectivity index (χ1n) is 7.82. The molecule has 0 radical (unpaired) electrons. The number of hydrogen-bond acceptors (Lipinski definition) is 0. The number of benzene rings is 2. The molecule has 2 aromatic carbocycles. The van der Waals surface area contributed by atoms with Crippen LogP contribution >= 0.6 is 0 Å². The summed E-state index contributed by atoms with van der Waals surface area (Å²) < 4.78 is 0. The van der Waals surface area contributed by atoms with Gasteiger partial charge in [0.25, 0.3) is 0 Å². The molecule has 0 heterocycles. The zero-order valence-corrected chi connectivity index (χ0v) is 13.2. The Labute approximate surface area is 128 Å². The normalized spacial score (nSPS) is 11.7. The molecule has 0 fully saturated rings. The molecule has 0 aliphatic rings. The number of unbranched alkanes of at least 4 members (excludes halogenated alkanes) is 2. The van der Waals surface area contributed by atoms with Crippen molar-refractivity contribution in [2.75, 3.05) is 0 Å². The number of rotatable bonds is 5. The topological polar surface area (TPSA) is 0 Å². The summed E-state index contributed by atoms with van der Waals surface area (Å²) >= 11 is 0. The monoisotopic (exact) mass is 276 g/mol. The molecule has 0 bridgehead atoms. The van der Waals surface area contributed by atoms with Crippen LogP contribution in [0.15, 0.2) is 54.6 Å². The summed E-state index contributed by atoms with van der Waals surface area (Å²) in [6, 6.07) is 15.2. The second kappa shape index (κ2) is 7.70. The Morgan fingerprint density at radius 3 is 2.62 bits per heavy atom. The first-order valence-corrected chi connectivity index (χ1v) is 7.82. The van der Waals surface area contributed by atoms with E-state index in [9.17, 15) is 0 Å². The van der Waals surface area contributed by atoms with Crippen LogP contribution in [0, 0.1) is 11.8 Å². The highest BCUT2D eigenvalue weighted by atomic mass is 14.1. The van der Waals surface area contributed by atoms with Gasteiger partial charge in [0.1, 0.15) is 0 Å². The van der Waals surface area contributed by atoms with Crippen LogP contribution in [0.3, 0.4) is 0 Å². The minimum atomic E-state index is 0.268. The van der Waals surface area contributed by atoms with Crippen LogP contribution in [0.1, 0.15) is 51.0 Å². The maximum Gasteiger partial charge on any atom is 0.0489 e. The Balaban J connectivity index is 2.28. The second-order valence-corrected chi connectivity index (χ2v) is 5.75. The molecule has 0 aliphatic carbocycles. The van der Waals surface area contributed by atoms with Gasteiger partial charge in [0.05, 0.1) is 0 Å². The lowest BCUT2D eigenvalue weighted by molar-refractivity contribution is 0.819. The van der Waals surface area contributed by atoms with E-state index >= 15 is 0 Å². The molecule has 1 atom stereocenters. The van der Waals surface area contributed by atoms with E-state index in [0.717, 1.165) is 12.8 Å². The molecule has 0 N–H and O–H groups in total. The molecule has 0 amide bonds. The SMILES string of the molecule is C=C(C)CC(C#CCCCC)c1ccc2ccccc2c1. The van der Waals surface area contributed by atoms with Gasteiger partial charge < -0.3 is 0 Å². The highest BCUT2D eigenvalue weighted by Crippen LogP contribution is 2.26. The van der Waals surface area contributed by atoms with Crippen LogP contribution in [0.5, 0.6) is 0 Å². The minimum Gasteiger partial charge on any atom is -0.103 e. The summed E-state index contributed by atoms with van der Waals surface area (Å²) in [7, 11) is 0. The lowest BCUT2D eigenvalue weighted by Crippen LogP contribution is -1.97. The van der Waals surface area contributed by atoms with Crippen LogP contribution in [-0.4, -0.2) is 0 Å². The lowest BCUT2D eigenvalue weighted by Gasteiger charge is -2.12. The van der Waals surface area contributed by atoms with E-state index in [-0.39, 0.29) is 5.92 Å². The fourth-order valence-corrected chi connectivity index (χ4v) is 2.49. The molecule has 0 aromatic heterocycles. The zero-order chi connectivity index (χ0) is 15.1. The summed E-state index contributed by atoms with van der Waals surface area (Å²) in [4.78, 5) is 0. The van der Waals surface area contributed by atoms with E-state index < -0.39 is 0 Å². The first kappa shape index (κ1) is 15.4. The van der Waals surface area contributed by atoms with Gasteiger partial charge in [-0.2, -0.15) is 0 Å². The first-order chi connectivity index (χ1) is 10.2. The lowest BCUT2D eigenvalue weighted by atomic mass is 9.91. The molecule has 21 heavy (non-hydrogen) atoms. The average molecular weight is 276 g/mol. The molecule has 0 aliphatic heterocycles. The Kier molecular flexibility index (Phi) is 5.64. The maximum atomic E-state index is 4.06. The van der Waals surface area contributed by atoms with Gasteiger partial charge in [-0.15, -0.1) is 12.5 Å². The zero-order valence-electron chi connectivity index (χ0n) is 13.2. The van der Waals surface area contributed by atoms with Crippen LogP contribution in [0.25, 0.3) is 10.8 Å². The van der Waals surface area contributed by atoms with E-state index in [4.69, 9.17) is 0 Å². The van der Waals surface area contributed by atoms with Crippen molar-refractivity contribution in [3.63, 3.8) is 0 Å². The average Bonchev–Trinajstić information content (AvgIpc) is 2.49. The van der Waals surface area contributed by atoms with Crippen molar-refractivity contribution < 1.29 is 0 Å². The fraction of sp³-hybridized carbons (Fsp3) is 0.333. The standard InChI is InChI=1S/C21H24/c1-4-5-6-7-11-19(15-17(2)3)21-14-13-18-10-8-9-12-20(18)16-21/h8-10,12-14,16,19H,2,4-6,15H2,1,3H3. The number of fused-ring (bicyclic) bond motifs is 1. The van der Waals surface area contributed by atoms with Crippen molar-refractivity contribution >= 4 is 10.8 Å². The van der Waals surface area contributed by atoms with E-state index in [1.807, 2.05) is 0 Å². The van der Waals surface area contributed by atoms with E-state index in [1.54, 1.807) is 0 Å². The number of hydrogen-bond donors (Lipinski definition) is 0. The summed E-state index contributed by atoms with van der Waals surface area (Å²) in [5.41, 5.74) is 2.50. The molecule has 108 valence electrons. The maximum absolute atomic E-state index is 4.06. The molecule has 1 unspecified atom stereocenters. The molecule has 0 saturated heterocycles. The molecular weight excluding hydrogens is 252 g/mol. The molecule has 0 saturated carbocycles. The molecule has 0 nitrogen and oxygen atoms in total. The minimum absolute atomic E-state index is 0.268.